The third-order valence-electron chi connectivity index (χ3n) is 5.30. The van der Waals surface area contributed by atoms with E-state index in [0.29, 0.717) is 22.7 Å². The Labute approximate surface area is 187 Å². The Balaban J connectivity index is 1.87. The Kier molecular flexibility index (Phi) is 5.74. The van der Waals surface area contributed by atoms with E-state index in [4.69, 9.17) is 15.2 Å². The van der Waals surface area contributed by atoms with Crippen LogP contribution in [0, 0.1) is 5.82 Å². The predicted molar refractivity (Wildman–Crippen MR) is 115 cm³/mol. The van der Waals surface area contributed by atoms with Crippen molar-refractivity contribution in [2.75, 3.05) is 19.0 Å². The molecule has 9 nitrogen and oxygen atoms in total. The Morgan fingerprint density at radius 2 is 2.03 bits per heavy atom. The number of methoxy groups -OCH3 is 1. The fourth-order valence-corrected chi connectivity index (χ4v) is 3.91. The molecule has 0 saturated carbocycles. The maximum Gasteiger partial charge on any atom is 0.339 e. The Morgan fingerprint density at radius 3 is 2.70 bits per heavy atom. The summed E-state index contributed by atoms with van der Waals surface area (Å²) >= 11 is 0. The summed E-state index contributed by atoms with van der Waals surface area (Å²) < 4.78 is 26.2. The van der Waals surface area contributed by atoms with Crippen LogP contribution in [0.3, 0.4) is 0 Å². The second-order valence-corrected chi connectivity index (χ2v) is 7.43. The van der Waals surface area contributed by atoms with Gasteiger partial charge in [0.1, 0.15) is 11.4 Å². The molecule has 170 valence electrons. The predicted octanol–water partition coefficient (Wildman–Crippen LogP) is 2.66. The topological polar surface area (TPSA) is 133 Å². The van der Waals surface area contributed by atoms with Crippen LogP contribution in [0.4, 0.5) is 10.1 Å². The smallest absolute Gasteiger partial charge is 0.339 e. The number of nitrogens with one attached hydrogen (secondary N) is 1. The number of ether oxygens (including phenoxy) is 2. The number of aromatic carboxylic acids is 1. The average Bonchev–Trinajstić information content (AvgIpc) is 3.16. The number of hydrogen-bond donors (Lipinski definition) is 3. The number of benzene rings is 2. The number of fused-ring (bicyclic) bond motifs is 1. The minimum Gasteiger partial charge on any atom is -0.493 e. The lowest BCUT2D eigenvalue weighted by Crippen LogP contribution is -2.25. The number of anilines is 1. The molecule has 0 fully saturated rings. The maximum atomic E-state index is 13.9. The molecule has 1 atom stereocenters. The summed E-state index contributed by atoms with van der Waals surface area (Å²) in [5, 5.41) is 12.4. The van der Waals surface area contributed by atoms with E-state index in [1.54, 1.807) is 28.8 Å². The number of carbonyl (C=O) groups is 3. The molecule has 2 aromatic carbocycles. The molecule has 2 amide bonds. The van der Waals surface area contributed by atoms with Gasteiger partial charge in [0.05, 0.1) is 18.5 Å². The highest BCUT2D eigenvalue weighted by Crippen LogP contribution is 2.43. The number of halogens is 1. The zero-order valence-electron chi connectivity index (χ0n) is 17.5. The third kappa shape index (κ3) is 4.22. The first-order chi connectivity index (χ1) is 15.8. The zero-order valence-corrected chi connectivity index (χ0v) is 17.5. The van der Waals surface area contributed by atoms with Crippen molar-refractivity contribution in [2.45, 2.75) is 12.3 Å². The lowest BCUT2D eigenvalue weighted by atomic mass is 9.88. The number of nitrogens with two attached hydrogens (primary N) is 1. The van der Waals surface area contributed by atoms with Gasteiger partial charge in [-0.15, -0.1) is 0 Å². The molecule has 1 aliphatic heterocycles. The van der Waals surface area contributed by atoms with Gasteiger partial charge in [-0.2, -0.15) is 0 Å². The lowest BCUT2D eigenvalue weighted by Gasteiger charge is -2.26. The van der Waals surface area contributed by atoms with Gasteiger partial charge < -0.3 is 30.2 Å². The van der Waals surface area contributed by atoms with Gasteiger partial charge in [0, 0.05) is 24.2 Å². The fourth-order valence-electron chi connectivity index (χ4n) is 3.91. The Hall–Kier alpha value is -4.34. The number of primary amides is 1. The van der Waals surface area contributed by atoms with Crippen LogP contribution < -0.4 is 20.5 Å². The molecule has 1 aromatic heterocycles. The molecule has 3 aromatic rings. The van der Waals surface area contributed by atoms with E-state index in [0.717, 1.165) is 0 Å². The van der Waals surface area contributed by atoms with Gasteiger partial charge in [0.2, 0.25) is 5.91 Å². The molecule has 0 saturated heterocycles. The molecule has 33 heavy (non-hydrogen) atoms. The number of amides is 2. The van der Waals surface area contributed by atoms with Crippen LogP contribution in [0.1, 0.15) is 34.0 Å². The largest absolute Gasteiger partial charge is 0.493 e. The van der Waals surface area contributed by atoms with Gasteiger partial charge in [-0.3, -0.25) is 9.59 Å². The van der Waals surface area contributed by atoms with E-state index in [2.05, 4.69) is 5.32 Å². The molecule has 0 aliphatic carbocycles. The van der Waals surface area contributed by atoms with Gasteiger partial charge in [-0.05, 0) is 35.9 Å². The molecule has 10 heteroatoms. The molecular formula is C23H20FN3O6. The number of carboxylic acids is 1. The highest BCUT2D eigenvalue weighted by atomic mass is 19.1. The van der Waals surface area contributed by atoms with Crippen LogP contribution in [0.25, 0.3) is 5.69 Å². The van der Waals surface area contributed by atoms with Crippen LogP contribution in [0.2, 0.25) is 0 Å². The summed E-state index contributed by atoms with van der Waals surface area (Å²) in [7, 11) is 1.42. The van der Waals surface area contributed by atoms with E-state index in [-0.39, 0.29) is 35.9 Å². The van der Waals surface area contributed by atoms with Gasteiger partial charge in [0.15, 0.2) is 18.1 Å². The molecule has 4 rings (SSSR count). The Bertz CT molecular complexity index is 1270. The van der Waals surface area contributed by atoms with Crippen LogP contribution in [-0.2, 0) is 9.59 Å². The van der Waals surface area contributed by atoms with Crippen molar-refractivity contribution < 1.29 is 33.4 Å². The van der Waals surface area contributed by atoms with Crippen LogP contribution in [-0.4, -0.2) is 41.2 Å². The molecule has 0 spiro atoms. The van der Waals surface area contributed by atoms with Gasteiger partial charge >= 0.3 is 5.97 Å². The molecule has 2 heterocycles. The highest BCUT2D eigenvalue weighted by molar-refractivity contribution is 6.04. The van der Waals surface area contributed by atoms with Crippen LogP contribution in [0.5, 0.6) is 11.5 Å². The first kappa shape index (κ1) is 21.9. The number of nitrogens with zero attached hydrogens (tertiary/aromatic N) is 1. The summed E-state index contributed by atoms with van der Waals surface area (Å²) in [6.45, 7) is -0.337. The summed E-state index contributed by atoms with van der Waals surface area (Å²) in [5.41, 5.74) is 6.72. The first-order valence-corrected chi connectivity index (χ1v) is 9.92. The van der Waals surface area contributed by atoms with E-state index in [1.165, 1.54) is 31.5 Å². The molecule has 0 bridgehead atoms. The van der Waals surface area contributed by atoms with Crippen molar-refractivity contribution in [1.29, 1.82) is 0 Å². The number of rotatable bonds is 7. The van der Waals surface area contributed by atoms with Crippen molar-refractivity contribution in [3.05, 3.63) is 71.3 Å². The van der Waals surface area contributed by atoms with Gasteiger partial charge in [-0.25, -0.2) is 9.18 Å². The lowest BCUT2D eigenvalue weighted by molar-refractivity contribution is -0.120. The quantitative estimate of drug-likeness (QED) is 0.504. The standard InChI is InChI=1S/C23H20FN3O6/c1-32-18-7-12(5-6-17(18)33-11-19(25)28)15-9-20(29)26-21-16(23(30)31)10-27(22(15)21)14-4-2-3-13(24)8-14/h2-8,10,15H,9,11H2,1H3,(H2,25,28)(H,26,29)(H,30,31). The summed E-state index contributed by atoms with van der Waals surface area (Å²) in [4.78, 5) is 35.4. The molecule has 1 aliphatic rings. The Morgan fingerprint density at radius 1 is 1.24 bits per heavy atom. The number of aromatic nitrogens is 1. The monoisotopic (exact) mass is 453 g/mol. The van der Waals surface area contributed by atoms with Gasteiger partial charge in [-0.1, -0.05) is 12.1 Å². The van der Waals surface area contributed by atoms with E-state index in [1.807, 2.05) is 0 Å². The van der Waals surface area contributed by atoms with E-state index < -0.39 is 23.6 Å². The second-order valence-electron chi connectivity index (χ2n) is 7.43. The normalized spacial score (nSPS) is 14.8. The van der Waals surface area contributed by atoms with E-state index in [9.17, 15) is 23.9 Å². The van der Waals surface area contributed by atoms with Crippen LogP contribution in [0.15, 0.2) is 48.7 Å². The molecule has 0 radical (unpaired) electrons. The fraction of sp³-hybridized carbons (Fsp3) is 0.174. The minimum absolute atomic E-state index is 0.0238. The highest BCUT2D eigenvalue weighted by Gasteiger charge is 2.35. The van der Waals surface area contributed by atoms with Crippen molar-refractivity contribution >= 4 is 23.5 Å². The molecule has 4 N–H and O–H groups in total. The zero-order chi connectivity index (χ0) is 23.7. The van der Waals surface area contributed by atoms with Gasteiger partial charge in [0.25, 0.3) is 5.91 Å². The van der Waals surface area contributed by atoms with Crippen molar-refractivity contribution in [3.63, 3.8) is 0 Å². The SMILES string of the molecule is COc1cc(C2CC(=O)Nc3c(C(=O)O)cn(-c4cccc(F)c4)c32)ccc1OCC(N)=O. The van der Waals surface area contributed by atoms with Crippen LogP contribution >= 0.6 is 0 Å². The first-order valence-electron chi connectivity index (χ1n) is 9.92. The summed E-state index contributed by atoms with van der Waals surface area (Å²) in [6.07, 6.45) is 1.39. The molecular weight excluding hydrogens is 433 g/mol. The van der Waals surface area contributed by atoms with E-state index >= 15 is 0 Å². The minimum atomic E-state index is -1.23. The van der Waals surface area contributed by atoms with Crippen molar-refractivity contribution in [2.24, 2.45) is 5.73 Å². The average molecular weight is 453 g/mol. The molecule has 1 unspecified atom stereocenters. The number of carbonyl (C=O) groups excluding carboxylic acids is 2. The second kappa shape index (κ2) is 8.65. The number of carboxylic acid groups (broad SMARTS) is 1. The van der Waals surface area contributed by atoms with Crippen molar-refractivity contribution in [3.8, 4) is 17.2 Å². The van der Waals surface area contributed by atoms with Crippen molar-refractivity contribution in [1.82, 2.24) is 4.57 Å². The number of hydrogen-bond acceptors (Lipinski definition) is 5. The summed E-state index contributed by atoms with van der Waals surface area (Å²) in [5.74, 6) is -2.69. The summed E-state index contributed by atoms with van der Waals surface area (Å²) in [6, 6.07) is 10.6. The maximum absolute atomic E-state index is 13.9. The third-order valence-corrected chi connectivity index (χ3v) is 5.30.